The van der Waals surface area contributed by atoms with Crippen LogP contribution in [-0.2, 0) is 4.79 Å². The van der Waals surface area contributed by atoms with Gasteiger partial charge in [0, 0.05) is 6.61 Å². The first kappa shape index (κ1) is 10.7. The summed E-state index contributed by atoms with van der Waals surface area (Å²) < 4.78 is 0. The Bertz CT molecular complexity index is 150. The van der Waals surface area contributed by atoms with E-state index in [1.807, 2.05) is 0 Å². The van der Waals surface area contributed by atoms with Gasteiger partial charge in [0.05, 0.1) is 6.04 Å². The topological polar surface area (TPSA) is 40.5 Å². The van der Waals surface area contributed by atoms with Gasteiger partial charge in [-0.3, -0.25) is 4.90 Å². The quantitative estimate of drug-likeness (QED) is 0.509. The number of aldehydes is 1. The molecule has 0 spiro atoms. The Kier molecular flexibility index (Phi) is 5.01. The lowest BCUT2D eigenvalue weighted by Crippen LogP contribution is -2.41. The van der Waals surface area contributed by atoms with E-state index in [-0.39, 0.29) is 12.6 Å². The SMILES string of the molecule is O=CC1CCCCN1CCCCO. The minimum Gasteiger partial charge on any atom is -0.396 e. The van der Waals surface area contributed by atoms with Gasteiger partial charge in [-0.1, -0.05) is 6.42 Å². The van der Waals surface area contributed by atoms with Crippen molar-refractivity contribution in [1.29, 1.82) is 0 Å². The number of rotatable bonds is 5. The molecule has 0 radical (unpaired) electrons. The Labute approximate surface area is 79.7 Å². The zero-order chi connectivity index (χ0) is 9.52. The molecule has 0 aromatic heterocycles. The molecular formula is C10H19NO2. The number of hydrogen-bond donors (Lipinski definition) is 1. The number of aliphatic hydroxyl groups excluding tert-OH is 1. The zero-order valence-electron chi connectivity index (χ0n) is 8.11. The molecule has 0 aromatic rings. The summed E-state index contributed by atoms with van der Waals surface area (Å²) in [6.45, 7) is 2.28. The lowest BCUT2D eigenvalue weighted by Gasteiger charge is -2.32. The molecule has 13 heavy (non-hydrogen) atoms. The van der Waals surface area contributed by atoms with Crippen LogP contribution in [0.3, 0.4) is 0 Å². The maximum Gasteiger partial charge on any atom is 0.137 e. The van der Waals surface area contributed by atoms with E-state index in [0.29, 0.717) is 0 Å². The van der Waals surface area contributed by atoms with Crippen molar-refractivity contribution in [2.75, 3.05) is 19.7 Å². The van der Waals surface area contributed by atoms with E-state index in [2.05, 4.69) is 4.90 Å². The van der Waals surface area contributed by atoms with Crippen molar-refractivity contribution in [2.24, 2.45) is 0 Å². The molecule has 1 heterocycles. The van der Waals surface area contributed by atoms with Crippen LogP contribution in [0.15, 0.2) is 0 Å². The predicted molar refractivity (Wildman–Crippen MR) is 51.6 cm³/mol. The van der Waals surface area contributed by atoms with E-state index in [9.17, 15) is 4.79 Å². The summed E-state index contributed by atoms with van der Waals surface area (Å²) in [5, 5.41) is 8.63. The highest BCUT2D eigenvalue weighted by Gasteiger charge is 2.20. The third-order valence-corrected chi connectivity index (χ3v) is 2.67. The van der Waals surface area contributed by atoms with E-state index in [1.54, 1.807) is 0 Å². The standard InChI is InChI=1S/C10H19NO2/c12-8-4-3-7-11-6-2-1-5-10(11)9-13/h9-10,12H,1-8H2. The van der Waals surface area contributed by atoms with Gasteiger partial charge in [0.15, 0.2) is 0 Å². The highest BCUT2D eigenvalue weighted by Crippen LogP contribution is 2.15. The van der Waals surface area contributed by atoms with E-state index >= 15 is 0 Å². The molecule has 1 N–H and O–H groups in total. The summed E-state index contributed by atoms with van der Waals surface area (Å²) in [6, 6.07) is 0.146. The molecular weight excluding hydrogens is 166 g/mol. The number of likely N-dealkylation sites (tertiary alicyclic amines) is 1. The summed E-state index contributed by atoms with van der Waals surface area (Å²) >= 11 is 0. The summed E-state index contributed by atoms with van der Waals surface area (Å²) in [5.41, 5.74) is 0. The van der Waals surface area contributed by atoms with Gasteiger partial charge in [-0.25, -0.2) is 0 Å². The average molecular weight is 185 g/mol. The van der Waals surface area contributed by atoms with Gasteiger partial charge < -0.3 is 9.90 Å². The normalized spacial score (nSPS) is 24.5. The van der Waals surface area contributed by atoms with Crippen molar-refractivity contribution in [1.82, 2.24) is 4.90 Å². The number of nitrogens with zero attached hydrogens (tertiary/aromatic N) is 1. The van der Waals surface area contributed by atoms with Crippen molar-refractivity contribution in [3.05, 3.63) is 0 Å². The first-order chi connectivity index (χ1) is 6.38. The van der Waals surface area contributed by atoms with Gasteiger partial charge >= 0.3 is 0 Å². The number of hydrogen-bond acceptors (Lipinski definition) is 3. The van der Waals surface area contributed by atoms with E-state index < -0.39 is 0 Å². The molecule has 3 heteroatoms. The van der Waals surface area contributed by atoms with Crippen molar-refractivity contribution < 1.29 is 9.90 Å². The predicted octanol–water partition coefficient (Wildman–Crippen LogP) is 0.812. The van der Waals surface area contributed by atoms with Gasteiger partial charge in [-0.15, -0.1) is 0 Å². The number of aliphatic hydroxyl groups is 1. The summed E-state index contributed by atoms with van der Waals surface area (Å²) in [4.78, 5) is 13.0. The molecule has 3 nitrogen and oxygen atoms in total. The van der Waals surface area contributed by atoms with Crippen LogP contribution in [0.2, 0.25) is 0 Å². The fourth-order valence-electron chi connectivity index (χ4n) is 1.88. The van der Waals surface area contributed by atoms with Gasteiger partial charge in [-0.05, 0) is 38.8 Å². The monoisotopic (exact) mass is 185 g/mol. The first-order valence-corrected chi connectivity index (χ1v) is 5.18. The number of unbranched alkanes of at least 4 members (excludes halogenated alkanes) is 1. The molecule has 0 aliphatic carbocycles. The van der Waals surface area contributed by atoms with Crippen molar-refractivity contribution in [2.45, 2.75) is 38.1 Å². The third kappa shape index (κ3) is 3.44. The first-order valence-electron chi connectivity index (χ1n) is 5.18. The Morgan fingerprint density at radius 2 is 2.23 bits per heavy atom. The van der Waals surface area contributed by atoms with Crippen LogP contribution in [0.1, 0.15) is 32.1 Å². The van der Waals surface area contributed by atoms with E-state index in [4.69, 9.17) is 5.11 Å². The Morgan fingerprint density at radius 1 is 1.38 bits per heavy atom. The summed E-state index contributed by atoms with van der Waals surface area (Å²) in [5.74, 6) is 0. The van der Waals surface area contributed by atoms with Gasteiger partial charge in [0.1, 0.15) is 6.29 Å². The second-order valence-electron chi connectivity index (χ2n) is 3.67. The third-order valence-electron chi connectivity index (χ3n) is 2.67. The maximum atomic E-state index is 10.7. The van der Waals surface area contributed by atoms with Crippen molar-refractivity contribution in [3.63, 3.8) is 0 Å². The Hall–Kier alpha value is -0.410. The Morgan fingerprint density at radius 3 is 2.92 bits per heavy atom. The molecule has 1 fully saturated rings. The molecule has 76 valence electrons. The second kappa shape index (κ2) is 6.11. The zero-order valence-corrected chi connectivity index (χ0v) is 8.11. The van der Waals surface area contributed by atoms with E-state index in [1.165, 1.54) is 12.8 Å². The van der Waals surface area contributed by atoms with Gasteiger partial charge in [-0.2, -0.15) is 0 Å². The lowest BCUT2D eigenvalue weighted by atomic mass is 10.0. The molecule has 1 unspecified atom stereocenters. The van der Waals surface area contributed by atoms with Crippen LogP contribution in [-0.4, -0.2) is 42.0 Å². The van der Waals surface area contributed by atoms with Crippen LogP contribution >= 0.6 is 0 Å². The molecule has 1 atom stereocenters. The summed E-state index contributed by atoms with van der Waals surface area (Å²) in [7, 11) is 0. The molecule has 1 saturated heterocycles. The van der Waals surface area contributed by atoms with Crippen molar-refractivity contribution >= 4 is 6.29 Å². The van der Waals surface area contributed by atoms with Crippen LogP contribution < -0.4 is 0 Å². The number of carbonyl (C=O) groups is 1. The minimum atomic E-state index is 0.146. The smallest absolute Gasteiger partial charge is 0.137 e. The number of piperidine rings is 1. The largest absolute Gasteiger partial charge is 0.396 e. The maximum absolute atomic E-state index is 10.7. The van der Waals surface area contributed by atoms with Crippen LogP contribution in [0.25, 0.3) is 0 Å². The molecule has 1 aliphatic rings. The second-order valence-corrected chi connectivity index (χ2v) is 3.67. The van der Waals surface area contributed by atoms with Crippen LogP contribution in [0.5, 0.6) is 0 Å². The lowest BCUT2D eigenvalue weighted by molar-refractivity contribution is -0.113. The van der Waals surface area contributed by atoms with Gasteiger partial charge in [0.25, 0.3) is 0 Å². The molecule has 1 aliphatic heterocycles. The highest BCUT2D eigenvalue weighted by molar-refractivity contribution is 5.57. The summed E-state index contributed by atoms with van der Waals surface area (Å²) in [6.07, 6.45) is 6.33. The van der Waals surface area contributed by atoms with Gasteiger partial charge in [0.2, 0.25) is 0 Å². The number of carbonyl (C=O) groups excluding carboxylic acids is 1. The average Bonchev–Trinajstić information content (AvgIpc) is 2.19. The minimum absolute atomic E-state index is 0.146. The fraction of sp³-hybridized carbons (Fsp3) is 0.900. The van der Waals surface area contributed by atoms with E-state index in [0.717, 1.165) is 38.6 Å². The molecule has 0 aromatic carbocycles. The highest BCUT2D eigenvalue weighted by atomic mass is 16.2. The molecule has 0 bridgehead atoms. The molecule has 1 rings (SSSR count). The fourth-order valence-corrected chi connectivity index (χ4v) is 1.88. The Balaban J connectivity index is 2.23. The molecule has 0 amide bonds. The van der Waals surface area contributed by atoms with Crippen molar-refractivity contribution in [3.8, 4) is 0 Å². The molecule has 0 saturated carbocycles. The van der Waals surface area contributed by atoms with Crippen LogP contribution in [0, 0.1) is 0 Å². The van der Waals surface area contributed by atoms with Crippen LogP contribution in [0.4, 0.5) is 0 Å².